The molecule has 10 heteroatoms. The average Bonchev–Trinajstić information content (AvgIpc) is 3.24. The van der Waals surface area contributed by atoms with Gasteiger partial charge in [0, 0.05) is 54.3 Å². The Kier molecular flexibility index (Phi) is 11.8. The van der Waals surface area contributed by atoms with Gasteiger partial charge < -0.3 is 15.9 Å². The summed E-state index contributed by atoms with van der Waals surface area (Å²) in [4.78, 5) is 0. The minimum Gasteiger partial charge on any atom is -0.672 e. The zero-order valence-corrected chi connectivity index (χ0v) is 23.4. The zero-order chi connectivity index (χ0) is 24.8. The second-order valence-corrected chi connectivity index (χ2v) is 9.46. The number of aliphatic hydroxyl groups is 2. The summed E-state index contributed by atoms with van der Waals surface area (Å²) < 4.78 is 15.3. The Morgan fingerprint density at radius 2 is 1.71 bits per heavy atom. The second-order valence-electron chi connectivity index (χ2n) is 9.02. The summed E-state index contributed by atoms with van der Waals surface area (Å²) in [5.74, 6) is -0.584. The van der Waals surface area contributed by atoms with E-state index in [9.17, 15) is 4.39 Å². The quantitative estimate of drug-likeness (QED) is 0.305. The van der Waals surface area contributed by atoms with E-state index in [0.717, 1.165) is 23.1 Å². The van der Waals surface area contributed by atoms with Gasteiger partial charge in [0.05, 0.1) is 30.3 Å². The molecule has 0 bridgehead atoms. The molecule has 0 atom stereocenters. The number of aliphatic hydroxyl groups excluding tert-OH is 2. The predicted octanol–water partition coefficient (Wildman–Crippen LogP) is 5.24. The molecule has 3 rings (SSSR count). The van der Waals surface area contributed by atoms with Crippen LogP contribution in [-0.2, 0) is 50.1 Å². The molecule has 2 aromatic carbocycles. The Bertz CT molecular complexity index is 1070. The zero-order valence-electron chi connectivity index (χ0n) is 19.8. The fourth-order valence-electron chi connectivity index (χ4n) is 3.04. The number of hydrogen-bond acceptors (Lipinski definition) is 5. The number of aromatic nitrogens is 2. The van der Waals surface area contributed by atoms with Crippen molar-refractivity contribution in [2.24, 2.45) is 0 Å². The molecule has 7 nitrogen and oxygen atoms in total. The Hall–Kier alpha value is -1.39. The maximum atomic E-state index is 13.5. The van der Waals surface area contributed by atoms with Crippen molar-refractivity contribution in [1.82, 2.24) is 9.78 Å². The summed E-state index contributed by atoms with van der Waals surface area (Å²) in [5, 5.41) is 32.0. The van der Waals surface area contributed by atoms with E-state index in [1.807, 2.05) is 35.8 Å². The normalized spacial score (nSPS) is 11.4. The van der Waals surface area contributed by atoms with Crippen molar-refractivity contribution >= 4 is 17.3 Å². The molecule has 0 aliphatic carbocycles. The summed E-state index contributed by atoms with van der Waals surface area (Å²) >= 11 is 6.00. The largest absolute Gasteiger partial charge is 0.672 e. The Morgan fingerprint density at radius 1 is 1.06 bits per heavy atom. The van der Waals surface area contributed by atoms with Crippen LogP contribution in [0.5, 0.6) is 0 Å². The molecule has 0 amide bonds. The molecule has 0 saturated heterocycles. The van der Waals surface area contributed by atoms with Crippen molar-refractivity contribution in [2.45, 2.75) is 45.1 Å². The molecule has 3 aromatic rings. The molecule has 34 heavy (non-hydrogen) atoms. The monoisotopic (exact) mass is 566 g/mol. The molecule has 5 N–H and O–H groups in total. The van der Waals surface area contributed by atoms with E-state index >= 15 is 0 Å². The van der Waals surface area contributed by atoms with Crippen LogP contribution in [0.1, 0.15) is 44.6 Å². The number of rotatable bonds is 6. The van der Waals surface area contributed by atoms with E-state index in [-0.39, 0.29) is 69.1 Å². The third-order valence-corrected chi connectivity index (χ3v) is 5.47. The number of nitrogens with zero attached hydrogens (tertiary/aromatic N) is 2. The Morgan fingerprint density at radius 3 is 2.18 bits per heavy atom. The first-order chi connectivity index (χ1) is 15.5. The van der Waals surface area contributed by atoms with Crippen molar-refractivity contribution in [1.29, 1.82) is 0 Å². The topological polar surface area (TPSA) is 114 Å². The maximum absolute atomic E-state index is 13.5. The fraction of sp³-hybridized carbons (Fsp3) is 0.375. The molecule has 0 fully saturated rings. The number of halogens is 2. The molecule has 0 spiro atoms. The van der Waals surface area contributed by atoms with Gasteiger partial charge in [-0.3, -0.25) is 10.7 Å². The maximum Gasteiger partial charge on any atom is 0.129 e. The summed E-state index contributed by atoms with van der Waals surface area (Å²) in [7, 11) is 0. The van der Waals surface area contributed by atoms with Crippen LogP contribution in [0.25, 0.3) is 11.4 Å². The Balaban J connectivity index is 0.000000336. The van der Waals surface area contributed by atoms with Gasteiger partial charge in [0.15, 0.2) is 0 Å². The van der Waals surface area contributed by atoms with Crippen LogP contribution >= 0.6 is 11.6 Å². The van der Waals surface area contributed by atoms with E-state index < -0.39 is 11.2 Å². The van der Waals surface area contributed by atoms with Crippen LogP contribution in [0.3, 0.4) is 0 Å². The minimum absolute atomic E-state index is 0. The first-order valence-electron chi connectivity index (χ1n) is 10.4. The van der Waals surface area contributed by atoms with Crippen LogP contribution < -0.4 is 5.48 Å². The van der Waals surface area contributed by atoms with Gasteiger partial charge in [-0.15, -0.1) is 6.54 Å². The van der Waals surface area contributed by atoms with E-state index in [4.69, 9.17) is 32.8 Å². The molecule has 1 heterocycles. The summed E-state index contributed by atoms with van der Waals surface area (Å²) in [5.41, 5.74) is 11.6. The number of hydrogen-bond donors (Lipinski definition) is 4. The molecule has 0 saturated carbocycles. The smallest absolute Gasteiger partial charge is 0.129 e. The van der Waals surface area contributed by atoms with Gasteiger partial charge in [0.1, 0.15) is 5.82 Å². The van der Waals surface area contributed by atoms with Gasteiger partial charge in [-0.2, -0.15) is 5.10 Å². The van der Waals surface area contributed by atoms with E-state index in [1.54, 1.807) is 11.6 Å². The molecule has 0 aliphatic rings. The van der Waals surface area contributed by atoms with Gasteiger partial charge in [-0.05, 0) is 42.0 Å². The SMILES string of the molecule is CC(C)(C)c1cc(C[NH-])n(-c2cccc(Cl)c2)n1.CC(CO)(CO)c1ccc(NO)cc1F.[Y]. The van der Waals surface area contributed by atoms with Crippen LogP contribution in [0.2, 0.25) is 5.02 Å². The fourth-order valence-corrected chi connectivity index (χ4v) is 3.22. The molecule has 1 aromatic heterocycles. The standard InChI is InChI=1S/C14H17ClN3.C10H14FNO3.Y/c1-14(2,3)13-8-12(9-16)18(17-13)11-6-4-5-10(15)7-11;1-10(5-13,6-14)8-3-2-7(12-15)4-9(8)11;/h4-8,16H,9H2,1-3H3;2-4,12-15H,5-6H2,1H3;/q-1;;. The van der Waals surface area contributed by atoms with Crippen molar-refractivity contribution in [2.75, 3.05) is 18.7 Å². The first-order valence-corrected chi connectivity index (χ1v) is 10.8. The molecular formula is C24H31ClFN4O3Y-. The van der Waals surface area contributed by atoms with Crippen molar-refractivity contribution < 1.29 is 52.5 Å². The number of nitrogens with one attached hydrogen (secondary N) is 2. The van der Waals surface area contributed by atoms with Crippen LogP contribution in [-0.4, -0.2) is 38.4 Å². The van der Waals surface area contributed by atoms with Gasteiger partial charge in [-0.25, -0.2) is 9.07 Å². The van der Waals surface area contributed by atoms with Crippen molar-refractivity contribution in [3.8, 4) is 5.69 Å². The third kappa shape index (κ3) is 7.55. The third-order valence-electron chi connectivity index (χ3n) is 5.23. The summed E-state index contributed by atoms with van der Waals surface area (Å²) in [6.45, 7) is 7.40. The molecule has 1 radical (unpaired) electrons. The average molecular weight is 567 g/mol. The molecule has 0 unspecified atom stereocenters. The predicted molar refractivity (Wildman–Crippen MR) is 129 cm³/mol. The number of benzene rings is 2. The van der Waals surface area contributed by atoms with Crippen molar-refractivity contribution in [3.63, 3.8) is 0 Å². The van der Waals surface area contributed by atoms with Gasteiger partial charge in [0.25, 0.3) is 0 Å². The first kappa shape index (κ1) is 30.6. The van der Waals surface area contributed by atoms with Gasteiger partial charge >= 0.3 is 0 Å². The van der Waals surface area contributed by atoms with E-state index in [1.165, 1.54) is 12.1 Å². The minimum atomic E-state index is -1.02. The van der Waals surface area contributed by atoms with Gasteiger partial charge in [0.2, 0.25) is 0 Å². The van der Waals surface area contributed by atoms with Gasteiger partial charge in [-0.1, -0.05) is 51.4 Å². The van der Waals surface area contributed by atoms with Crippen molar-refractivity contribution in [3.05, 3.63) is 82.1 Å². The Labute approximate surface area is 230 Å². The molecule has 0 aliphatic heterocycles. The second kappa shape index (κ2) is 13.1. The molecular weight excluding hydrogens is 536 g/mol. The number of anilines is 1. The van der Waals surface area contributed by atoms with Crippen LogP contribution in [0, 0.1) is 5.82 Å². The van der Waals surface area contributed by atoms with E-state index in [0.29, 0.717) is 5.02 Å². The molecule has 183 valence electrons. The summed E-state index contributed by atoms with van der Waals surface area (Å²) in [6, 6.07) is 13.5. The summed E-state index contributed by atoms with van der Waals surface area (Å²) in [6.07, 6.45) is 0. The van der Waals surface area contributed by atoms with E-state index in [2.05, 4.69) is 25.9 Å². The van der Waals surface area contributed by atoms with Crippen LogP contribution in [0.15, 0.2) is 48.5 Å². The van der Waals surface area contributed by atoms with Crippen LogP contribution in [0.4, 0.5) is 10.1 Å².